The average molecular weight is 269 g/mol. The van der Waals surface area contributed by atoms with Gasteiger partial charge in [0.05, 0.1) is 13.2 Å². The highest BCUT2D eigenvalue weighted by Gasteiger charge is 2.42. The monoisotopic (exact) mass is 269 g/mol. The summed E-state index contributed by atoms with van der Waals surface area (Å²) in [6.45, 7) is 5.71. The number of nitrogens with two attached hydrogens (primary N) is 1. The van der Waals surface area contributed by atoms with Crippen molar-refractivity contribution in [3.05, 3.63) is 0 Å². The lowest BCUT2D eigenvalue weighted by molar-refractivity contribution is -0.185. The fraction of sp³-hybridized carbons (Fsp3) is 1.00. The molecule has 1 atom stereocenters. The lowest BCUT2D eigenvalue weighted by Crippen LogP contribution is -2.59. The van der Waals surface area contributed by atoms with Gasteiger partial charge in [0.25, 0.3) is 0 Å². The van der Waals surface area contributed by atoms with Crippen molar-refractivity contribution in [2.75, 3.05) is 46.4 Å². The van der Waals surface area contributed by atoms with Crippen LogP contribution in [-0.2, 0) is 9.47 Å². The van der Waals surface area contributed by atoms with E-state index in [4.69, 9.17) is 15.2 Å². The highest BCUT2D eigenvalue weighted by atomic mass is 16.7. The van der Waals surface area contributed by atoms with E-state index in [9.17, 15) is 0 Å². The number of ether oxygens (including phenoxy) is 2. The first kappa shape index (κ1) is 13.8. The second-order valence-electron chi connectivity index (χ2n) is 6.23. The van der Waals surface area contributed by atoms with E-state index < -0.39 is 0 Å². The van der Waals surface area contributed by atoms with Crippen LogP contribution >= 0.6 is 0 Å². The molecule has 1 aliphatic carbocycles. The van der Waals surface area contributed by atoms with Crippen LogP contribution in [0.1, 0.15) is 25.7 Å². The zero-order chi connectivity index (χ0) is 13.3. The second kappa shape index (κ2) is 5.66. The van der Waals surface area contributed by atoms with Gasteiger partial charge in [-0.25, -0.2) is 0 Å². The number of rotatable bonds is 2. The van der Waals surface area contributed by atoms with E-state index in [2.05, 4.69) is 16.8 Å². The van der Waals surface area contributed by atoms with Gasteiger partial charge in [-0.3, -0.25) is 4.90 Å². The van der Waals surface area contributed by atoms with Gasteiger partial charge in [-0.1, -0.05) is 0 Å². The number of piperazine rings is 1. The van der Waals surface area contributed by atoms with Crippen LogP contribution in [-0.4, -0.2) is 74.1 Å². The summed E-state index contributed by atoms with van der Waals surface area (Å²) in [6, 6.07) is 1.18. The van der Waals surface area contributed by atoms with Gasteiger partial charge in [-0.2, -0.15) is 0 Å². The summed E-state index contributed by atoms with van der Waals surface area (Å²) < 4.78 is 11.6. The van der Waals surface area contributed by atoms with Crippen LogP contribution in [0.15, 0.2) is 0 Å². The molecule has 5 heteroatoms. The van der Waals surface area contributed by atoms with Crippen molar-refractivity contribution in [3.63, 3.8) is 0 Å². The fourth-order valence-electron chi connectivity index (χ4n) is 3.88. The quantitative estimate of drug-likeness (QED) is 0.778. The Morgan fingerprint density at radius 3 is 2.47 bits per heavy atom. The molecule has 19 heavy (non-hydrogen) atoms. The molecule has 0 aromatic carbocycles. The van der Waals surface area contributed by atoms with E-state index in [0.29, 0.717) is 12.1 Å². The number of hydrogen-bond acceptors (Lipinski definition) is 5. The van der Waals surface area contributed by atoms with Crippen molar-refractivity contribution in [1.82, 2.24) is 9.80 Å². The van der Waals surface area contributed by atoms with Crippen LogP contribution in [0, 0.1) is 0 Å². The molecular formula is C14H27N3O2. The molecule has 0 radical (unpaired) electrons. The molecule has 3 fully saturated rings. The maximum atomic E-state index is 5.96. The van der Waals surface area contributed by atoms with Gasteiger partial charge < -0.3 is 20.1 Å². The summed E-state index contributed by atoms with van der Waals surface area (Å²) in [5.41, 5.74) is 5.96. The van der Waals surface area contributed by atoms with E-state index in [1.165, 1.54) is 12.8 Å². The predicted molar refractivity (Wildman–Crippen MR) is 73.9 cm³/mol. The molecule has 2 N–H and O–H groups in total. The van der Waals surface area contributed by atoms with Crippen molar-refractivity contribution in [3.8, 4) is 0 Å². The first-order valence-corrected chi connectivity index (χ1v) is 7.65. The van der Waals surface area contributed by atoms with Crippen LogP contribution < -0.4 is 5.73 Å². The molecule has 3 rings (SSSR count). The van der Waals surface area contributed by atoms with Gasteiger partial charge >= 0.3 is 0 Å². The Kier molecular flexibility index (Phi) is 4.10. The zero-order valence-electron chi connectivity index (χ0n) is 12.0. The third-order valence-electron chi connectivity index (χ3n) is 5.00. The normalized spacial score (nSPS) is 34.1. The van der Waals surface area contributed by atoms with Crippen molar-refractivity contribution in [2.45, 2.75) is 43.6 Å². The molecule has 1 spiro atoms. The standard InChI is InChI=1S/C14H27N3O2/c1-16-6-7-17(13(10-15)11-16)12-2-4-14(5-3-12)18-8-9-19-14/h12-13H,2-11,15H2,1H3. The van der Waals surface area contributed by atoms with E-state index in [1.54, 1.807) is 0 Å². The molecule has 1 saturated carbocycles. The Balaban J connectivity index is 1.58. The summed E-state index contributed by atoms with van der Waals surface area (Å²) in [7, 11) is 2.19. The summed E-state index contributed by atoms with van der Waals surface area (Å²) in [5, 5.41) is 0. The molecule has 2 saturated heterocycles. The minimum atomic E-state index is -0.235. The molecule has 0 aromatic heterocycles. The fourth-order valence-corrected chi connectivity index (χ4v) is 3.88. The van der Waals surface area contributed by atoms with Gasteiger partial charge in [0.2, 0.25) is 0 Å². The minimum absolute atomic E-state index is 0.235. The van der Waals surface area contributed by atoms with Crippen LogP contribution in [0.3, 0.4) is 0 Å². The topological polar surface area (TPSA) is 51.0 Å². The zero-order valence-corrected chi connectivity index (χ0v) is 12.0. The van der Waals surface area contributed by atoms with Crippen LogP contribution in [0.5, 0.6) is 0 Å². The van der Waals surface area contributed by atoms with Gasteiger partial charge in [0, 0.05) is 51.1 Å². The molecule has 0 amide bonds. The van der Waals surface area contributed by atoms with Gasteiger partial charge in [0.15, 0.2) is 5.79 Å². The van der Waals surface area contributed by atoms with Crippen molar-refractivity contribution in [1.29, 1.82) is 0 Å². The van der Waals surface area contributed by atoms with Crippen molar-refractivity contribution in [2.24, 2.45) is 5.73 Å². The van der Waals surface area contributed by atoms with E-state index >= 15 is 0 Å². The third kappa shape index (κ3) is 2.81. The van der Waals surface area contributed by atoms with Crippen LogP contribution in [0.2, 0.25) is 0 Å². The molecule has 1 unspecified atom stereocenters. The first-order valence-electron chi connectivity index (χ1n) is 7.65. The minimum Gasteiger partial charge on any atom is -0.348 e. The van der Waals surface area contributed by atoms with Crippen LogP contribution in [0.25, 0.3) is 0 Å². The predicted octanol–water partition coefficient (Wildman–Crippen LogP) is 0.247. The molecule has 0 aromatic rings. The summed E-state index contributed by atoms with van der Waals surface area (Å²) in [6.07, 6.45) is 4.45. The number of likely N-dealkylation sites (N-methyl/N-ethyl adjacent to an activating group) is 1. The highest BCUT2D eigenvalue weighted by Crippen LogP contribution is 2.38. The Bertz CT molecular complexity index is 297. The molecule has 0 bridgehead atoms. The maximum Gasteiger partial charge on any atom is 0.168 e. The lowest BCUT2D eigenvalue weighted by Gasteiger charge is -2.47. The third-order valence-corrected chi connectivity index (χ3v) is 5.00. The average Bonchev–Trinajstić information content (AvgIpc) is 2.88. The Labute approximate surface area is 116 Å². The largest absolute Gasteiger partial charge is 0.348 e. The lowest BCUT2D eigenvalue weighted by atomic mass is 9.88. The number of nitrogens with zero attached hydrogens (tertiary/aromatic N) is 2. The summed E-state index contributed by atoms with van der Waals surface area (Å²) >= 11 is 0. The van der Waals surface area contributed by atoms with Gasteiger partial charge in [0.1, 0.15) is 0 Å². The molecular weight excluding hydrogens is 242 g/mol. The molecule has 5 nitrogen and oxygen atoms in total. The Morgan fingerprint density at radius 2 is 1.84 bits per heavy atom. The van der Waals surface area contributed by atoms with E-state index in [1.807, 2.05) is 0 Å². The number of hydrogen-bond donors (Lipinski definition) is 1. The highest BCUT2D eigenvalue weighted by molar-refractivity contribution is 4.92. The Morgan fingerprint density at radius 1 is 1.16 bits per heavy atom. The summed E-state index contributed by atoms with van der Waals surface area (Å²) in [4.78, 5) is 5.03. The van der Waals surface area contributed by atoms with Gasteiger partial charge in [-0.05, 0) is 19.9 Å². The first-order chi connectivity index (χ1) is 9.22. The molecule has 2 heterocycles. The van der Waals surface area contributed by atoms with Crippen molar-refractivity contribution >= 4 is 0 Å². The van der Waals surface area contributed by atoms with Crippen LogP contribution in [0.4, 0.5) is 0 Å². The van der Waals surface area contributed by atoms with E-state index in [-0.39, 0.29) is 5.79 Å². The maximum absolute atomic E-state index is 5.96. The molecule has 2 aliphatic heterocycles. The second-order valence-corrected chi connectivity index (χ2v) is 6.23. The van der Waals surface area contributed by atoms with E-state index in [0.717, 1.165) is 52.2 Å². The van der Waals surface area contributed by atoms with Crippen molar-refractivity contribution < 1.29 is 9.47 Å². The smallest absolute Gasteiger partial charge is 0.168 e. The molecule has 3 aliphatic rings. The SMILES string of the molecule is CN1CCN(C2CCC3(CC2)OCCO3)C(CN)C1. The Hall–Kier alpha value is -0.200. The summed E-state index contributed by atoms with van der Waals surface area (Å²) in [5.74, 6) is -0.235. The van der Waals surface area contributed by atoms with Gasteiger partial charge in [-0.15, -0.1) is 0 Å². The molecule has 110 valence electrons.